The average Bonchev–Trinajstić information content (AvgIpc) is 2.90. The molecule has 0 heterocycles. The Hall–Kier alpha value is -1.35. The second-order valence-corrected chi connectivity index (χ2v) is 11.4. The lowest BCUT2D eigenvalue weighted by Crippen LogP contribution is -2.35. The molecule has 0 fully saturated rings. The van der Waals surface area contributed by atoms with Gasteiger partial charge in [0.05, 0.1) is 6.61 Å². The van der Waals surface area contributed by atoms with E-state index in [0.29, 0.717) is 12.2 Å². The molecule has 3 heteroatoms. The molecule has 1 aromatic carbocycles. The van der Waals surface area contributed by atoms with Crippen molar-refractivity contribution in [1.29, 1.82) is 0 Å². The second-order valence-electron chi connectivity index (χ2n) is 11.4. The minimum Gasteiger partial charge on any atom is -0.494 e. The van der Waals surface area contributed by atoms with Gasteiger partial charge in [0.1, 0.15) is 11.4 Å². The van der Waals surface area contributed by atoms with Gasteiger partial charge in [0.25, 0.3) is 0 Å². The molecule has 0 spiro atoms. The van der Waals surface area contributed by atoms with E-state index in [1.54, 1.807) is 0 Å². The molecule has 1 aromatic rings. The topological polar surface area (TPSA) is 35.5 Å². The van der Waals surface area contributed by atoms with Crippen LogP contribution < -0.4 is 4.74 Å². The van der Waals surface area contributed by atoms with Crippen LogP contribution in [0.25, 0.3) is 0 Å². The van der Waals surface area contributed by atoms with Crippen LogP contribution in [0.5, 0.6) is 5.75 Å². The lowest BCUT2D eigenvalue weighted by Gasteiger charge is -2.24. The summed E-state index contributed by atoms with van der Waals surface area (Å²) in [4.78, 5) is 13.0. The van der Waals surface area contributed by atoms with Gasteiger partial charge in [0.15, 0.2) is 5.78 Å². The largest absolute Gasteiger partial charge is 0.494 e. The van der Waals surface area contributed by atoms with E-state index in [4.69, 9.17) is 9.47 Å². The summed E-state index contributed by atoms with van der Waals surface area (Å²) in [7, 11) is 0. The number of ether oxygens (including phenoxy) is 2. The van der Waals surface area contributed by atoms with Gasteiger partial charge in [0, 0.05) is 12.2 Å². The first-order valence-electron chi connectivity index (χ1n) is 15.9. The van der Waals surface area contributed by atoms with Gasteiger partial charge in [-0.2, -0.15) is 0 Å². The molecular weight excluding hydrogens is 456 g/mol. The highest BCUT2D eigenvalue weighted by molar-refractivity contribution is 6.02. The second kappa shape index (κ2) is 22.6. The Labute approximate surface area is 230 Å². The van der Waals surface area contributed by atoms with Gasteiger partial charge in [-0.15, -0.1) is 0 Å². The average molecular weight is 517 g/mol. The van der Waals surface area contributed by atoms with Crippen molar-refractivity contribution in [1.82, 2.24) is 0 Å². The van der Waals surface area contributed by atoms with Crippen LogP contribution in [0.2, 0.25) is 0 Å². The van der Waals surface area contributed by atoms with E-state index in [2.05, 4.69) is 13.8 Å². The van der Waals surface area contributed by atoms with Crippen LogP contribution in [-0.2, 0) is 4.74 Å². The molecule has 0 amide bonds. The van der Waals surface area contributed by atoms with Crippen molar-refractivity contribution in [2.75, 3.05) is 13.2 Å². The SMILES string of the molecule is CCCCCCCCCCCCOc1ccc(C(=O)C(C)(C)OCCCCCCCCCCCC)cc1. The van der Waals surface area contributed by atoms with Crippen LogP contribution in [0.4, 0.5) is 0 Å². The number of carbonyl (C=O) groups excluding carboxylic acids is 1. The predicted molar refractivity (Wildman–Crippen MR) is 160 cm³/mol. The van der Waals surface area contributed by atoms with Gasteiger partial charge >= 0.3 is 0 Å². The van der Waals surface area contributed by atoms with Crippen LogP contribution >= 0.6 is 0 Å². The molecule has 0 bridgehead atoms. The molecule has 1 rings (SSSR count). The molecule has 0 aromatic heterocycles. The molecule has 3 nitrogen and oxygen atoms in total. The molecule has 0 saturated carbocycles. The number of hydrogen-bond acceptors (Lipinski definition) is 3. The maximum Gasteiger partial charge on any atom is 0.194 e. The predicted octanol–water partition coefficient (Wildman–Crippen LogP) is 10.9. The van der Waals surface area contributed by atoms with Crippen LogP contribution in [0.3, 0.4) is 0 Å². The molecular formula is C34H60O3. The summed E-state index contributed by atoms with van der Waals surface area (Å²) in [6.07, 6.45) is 26.3. The van der Waals surface area contributed by atoms with E-state index in [1.807, 2.05) is 38.1 Å². The summed E-state index contributed by atoms with van der Waals surface area (Å²) in [5, 5.41) is 0. The van der Waals surface area contributed by atoms with E-state index in [-0.39, 0.29) is 5.78 Å². The summed E-state index contributed by atoms with van der Waals surface area (Å²) in [6.45, 7) is 9.71. The first-order valence-corrected chi connectivity index (χ1v) is 15.9. The maximum absolute atomic E-state index is 13.0. The Morgan fingerprint density at radius 3 is 1.38 bits per heavy atom. The fraction of sp³-hybridized carbons (Fsp3) is 0.794. The van der Waals surface area contributed by atoms with Gasteiger partial charge in [-0.1, -0.05) is 129 Å². The Morgan fingerprint density at radius 1 is 0.568 bits per heavy atom. The van der Waals surface area contributed by atoms with Crippen molar-refractivity contribution < 1.29 is 14.3 Å². The number of Topliss-reactive ketones (excluding diaryl/α,β-unsaturated/α-hetero) is 1. The van der Waals surface area contributed by atoms with Gasteiger partial charge in [-0.25, -0.2) is 0 Å². The van der Waals surface area contributed by atoms with Crippen molar-refractivity contribution in [3.63, 3.8) is 0 Å². The van der Waals surface area contributed by atoms with E-state index in [1.165, 1.54) is 116 Å². The van der Waals surface area contributed by atoms with Crippen molar-refractivity contribution in [2.24, 2.45) is 0 Å². The van der Waals surface area contributed by atoms with Gasteiger partial charge in [0.2, 0.25) is 0 Å². The van der Waals surface area contributed by atoms with Gasteiger partial charge in [-0.05, 0) is 51.0 Å². The minimum absolute atomic E-state index is 0.0424. The van der Waals surface area contributed by atoms with E-state index < -0.39 is 5.60 Å². The van der Waals surface area contributed by atoms with Crippen LogP contribution in [0.1, 0.15) is 166 Å². The van der Waals surface area contributed by atoms with Crippen molar-refractivity contribution >= 4 is 5.78 Å². The first-order chi connectivity index (χ1) is 18.0. The Kier molecular flexibility index (Phi) is 20.6. The number of unbranched alkanes of at least 4 members (excludes halogenated alkanes) is 18. The molecule has 0 N–H and O–H groups in total. The third-order valence-corrected chi connectivity index (χ3v) is 7.39. The zero-order chi connectivity index (χ0) is 27.0. The number of hydrogen-bond donors (Lipinski definition) is 0. The summed E-state index contributed by atoms with van der Waals surface area (Å²) in [6, 6.07) is 7.59. The van der Waals surface area contributed by atoms with Crippen molar-refractivity contribution in [3.05, 3.63) is 29.8 Å². The number of carbonyl (C=O) groups is 1. The fourth-order valence-electron chi connectivity index (χ4n) is 4.81. The third kappa shape index (κ3) is 17.7. The number of rotatable bonds is 26. The minimum atomic E-state index is -0.794. The summed E-state index contributed by atoms with van der Waals surface area (Å²) in [5.41, 5.74) is -0.100. The Bertz CT molecular complexity index is 650. The number of benzene rings is 1. The van der Waals surface area contributed by atoms with Crippen molar-refractivity contribution in [2.45, 2.75) is 162 Å². The maximum atomic E-state index is 13.0. The smallest absolute Gasteiger partial charge is 0.194 e. The molecule has 214 valence electrons. The monoisotopic (exact) mass is 516 g/mol. The summed E-state index contributed by atoms with van der Waals surface area (Å²) >= 11 is 0. The molecule has 0 unspecified atom stereocenters. The Morgan fingerprint density at radius 2 is 0.946 bits per heavy atom. The highest BCUT2D eigenvalue weighted by atomic mass is 16.5. The highest BCUT2D eigenvalue weighted by Crippen LogP contribution is 2.21. The molecule has 0 aliphatic rings. The number of ketones is 1. The fourth-order valence-corrected chi connectivity index (χ4v) is 4.81. The zero-order valence-corrected chi connectivity index (χ0v) is 25.1. The third-order valence-electron chi connectivity index (χ3n) is 7.39. The van der Waals surface area contributed by atoms with Crippen LogP contribution in [-0.4, -0.2) is 24.6 Å². The molecule has 0 saturated heterocycles. The molecule has 0 radical (unpaired) electrons. The Balaban J connectivity index is 2.12. The first kappa shape index (κ1) is 33.7. The normalized spacial score (nSPS) is 11.7. The standard InChI is InChI=1S/C34H60O3/c1-5-7-9-11-13-15-17-19-21-23-29-36-32-27-25-31(26-28-32)33(35)34(3,4)37-30-24-22-20-18-16-14-12-10-8-6-2/h25-28H,5-24,29-30H2,1-4H3. The molecule has 0 aliphatic heterocycles. The van der Waals surface area contributed by atoms with Crippen LogP contribution in [0.15, 0.2) is 24.3 Å². The summed E-state index contributed by atoms with van der Waals surface area (Å²) in [5.74, 6) is 0.886. The lowest BCUT2D eigenvalue weighted by atomic mass is 9.96. The molecule has 37 heavy (non-hydrogen) atoms. The van der Waals surface area contributed by atoms with Gasteiger partial charge in [-0.3, -0.25) is 4.79 Å². The zero-order valence-electron chi connectivity index (χ0n) is 25.1. The van der Waals surface area contributed by atoms with E-state index in [9.17, 15) is 4.79 Å². The lowest BCUT2D eigenvalue weighted by molar-refractivity contribution is -0.00588. The quantitative estimate of drug-likeness (QED) is 0.0907. The molecule has 0 atom stereocenters. The van der Waals surface area contributed by atoms with Crippen LogP contribution in [0, 0.1) is 0 Å². The molecule has 0 aliphatic carbocycles. The summed E-state index contributed by atoms with van der Waals surface area (Å²) < 4.78 is 11.9. The van der Waals surface area contributed by atoms with E-state index in [0.717, 1.165) is 25.2 Å². The highest BCUT2D eigenvalue weighted by Gasteiger charge is 2.29. The van der Waals surface area contributed by atoms with Crippen molar-refractivity contribution in [3.8, 4) is 5.75 Å². The van der Waals surface area contributed by atoms with Gasteiger partial charge < -0.3 is 9.47 Å². The van der Waals surface area contributed by atoms with E-state index >= 15 is 0 Å².